The summed E-state index contributed by atoms with van der Waals surface area (Å²) < 4.78 is 0. The van der Waals surface area contributed by atoms with Gasteiger partial charge in [0.2, 0.25) is 0 Å². The number of aromatic nitrogens is 2. The SMILES string of the molecule is CC(C)c1ccccc1-c1ncc2c(n1)N(Cc1ccc(N)cc1)C(C=O)N2. The fourth-order valence-electron chi connectivity index (χ4n) is 3.50. The third kappa shape index (κ3) is 3.29. The topological polar surface area (TPSA) is 84.1 Å². The van der Waals surface area contributed by atoms with E-state index in [0.717, 1.165) is 28.9 Å². The number of anilines is 3. The van der Waals surface area contributed by atoms with Gasteiger partial charge < -0.3 is 16.0 Å². The summed E-state index contributed by atoms with van der Waals surface area (Å²) in [6.45, 7) is 4.86. The van der Waals surface area contributed by atoms with Gasteiger partial charge in [-0.2, -0.15) is 0 Å². The molecule has 1 aliphatic rings. The van der Waals surface area contributed by atoms with Crippen LogP contribution in [0.2, 0.25) is 0 Å². The Morgan fingerprint density at radius 1 is 1.18 bits per heavy atom. The number of nitrogens with two attached hydrogens (primary N) is 1. The van der Waals surface area contributed by atoms with Crippen LogP contribution in [-0.4, -0.2) is 22.4 Å². The van der Waals surface area contributed by atoms with Gasteiger partial charge in [0.1, 0.15) is 0 Å². The predicted molar refractivity (Wildman–Crippen MR) is 112 cm³/mol. The zero-order chi connectivity index (χ0) is 19.7. The Balaban J connectivity index is 1.73. The second-order valence-corrected chi connectivity index (χ2v) is 7.27. The van der Waals surface area contributed by atoms with Crippen molar-refractivity contribution in [1.29, 1.82) is 0 Å². The number of nitrogens with zero attached hydrogens (tertiary/aromatic N) is 3. The van der Waals surface area contributed by atoms with E-state index in [2.05, 4.69) is 30.2 Å². The van der Waals surface area contributed by atoms with Gasteiger partial charge in [0.05, 0.1) is 11.9 Å². The van der Waals surface area contributed by atoms with Gasteiger partial charge in [0.25, 0.3) is 0 Å². The van der Waals surface area contributed by atoms with Crippen LogP contribution >= 0.6 is 0 Å². The Hall–Kier alpha value is -3.41. The van der Waals surface area contributed by atoms with E-state index in [9.17, 15) is 4.79 Å². The highest BCUT2D eigenvalue weighted by Crippen LogP contribution is 2.35. The van der Waals surface area contributed by atoms with Crippen LogP contribution in [0.15, 0.2) is 54.7 Å². The lowest BCUT2D eigenvalue weighted by Crippen LogP contribution is -2.36. The molecule has 6 nitrogen and oxygen atoms in total. The lowest BCUT2D eigenvalue weighted by atomic mass is 9.97. The molecule has 0 aliphatic carbocycles. The summed E-state index contributed by atoms with van der Waals surface area (Å²) in [5, 5.41) is 3.19. The van der Waals surface area contributed by atoms with Crippen LogP contribution < -0.4 is 16.0 Å². The van der Waals surface area contributed by atoms with Crippen molar-refractivity contribution in [1.82, 2.24) is 9.97 Å². The minimum absolute atomic E-state index is 0.361. The van der Waals surface area contributed by atoms with Crippen LogP contribution in [0, 0.1) is 0 Å². The molecule has 142 valence electrons. The second-order valence-electron chi connectivity index (χ2n) is 7.27. The Kier molecular flexibility index (Phi) is 4.69. The van der Waals surface area contributed by atoms with E-state index in [1.54, 1.807) is 6.20 Å². The Morgan fingerprint density at radius 3 is 2.64 bits per heavy atom. The summed E-state index contributed by atoms with van der Waals surface area (Å²) in [6.07, 6.45) is 2.17. The summed E-state index contributed by atoms with van der Waals surface area (Å²) in [5.41, 5.74) is 10.5. The van der Waals surface area contributed by atoms with Crippen LogP contribution in [0.5, 0.6) is 0 Å². The van der Waals surface area contributed by atoms with Crippen molar-refractivity contribution in [2.24, 2.45) is 0 Å². The Morgan fingerprint density at radius 2 is 1.93 bits per heavy atom. The lowest BCUT2D eigenvalue weighted by Gasteiger charge is -2.22. The van der Waals surface area contributed by atoms with Crippen molar-refractivity contribution in [2.75, 3.05) is 16.0 Å². The number of aldehydes is 1. The van der Waals surface area contributed by atoms with E-state index < -0.39 is 6.17 Å². The fraction of sp³-hybridized carbons (Fsp3) is 0.227. The van der Waals surface area contributed by atoms with Crippen LogP contribution in [-0.2, 0) is 11.3 Å². The molecule has 0 amide bonds. The number of carbonyl (C=O) groups excluding carboxylic acids is 1. The standard InChI is InChI=1S/C22H23N5O/c1-14(2)17-5-3-4-6-18(17)21-24-11-19-22(26-21)27(20(13-28)25-19)12-15-7-9-16(23)10-8-15/h3-11,13-14,20,25H,12,23H2,1-2H3. The monoisotopic (exact) mass is 373 g/mol. The number of nitrogens with one attached hydrogen (secondary N) is 1. The average Bonchev–Trinajstić information content (AvgIpc) is 3.06. The maximum absolute atomic E-state index is 11.7. The molecule has 0 saturated carbocycles. The van der Waals surface area contributed by atoms with Gasteiger partial charge in [-0.15, -0.1) is 0 Å². The van der Waals surface area contributed by atoms with Crippen molar-refractivity contribution in [3.8, 4) is 11.4 Å². The molecule has 1 aliphatic heterocycles. The van der Waals surface area contributed by atoms with Gasteiger partial charge in [0.15, 0.2) is 24.1 Å². The number of fused-ring (bicyclic) bond motifs is 1. The molecule has 2 aromatic carbocycles. The average molecular weight is 373 g/mol. The molecule has 4 rings (SSSR count). The highest BCUT2D eigenvalue weighted by atomic mass is 16.1. The number of carbonyl (C=O) groups is 1. The van der Waals surface area contributed by atoms with Gasteiger partial charge in [0, 0.05) is 17.8 Å². The molecule has 0 saturated heterocycles. The van der Waals surface area contributed by atoms with Crippen molar-refractivity contribution < 1.29 is 4.79 Å². The minimum Gasteiger partial charge on any atom is -0.399 e. The summed E-state index contributed by atoms with van der Waals surface area (Å²) in [7, 11) is 0. The number of nitrogen functional groups attached to an aromatic ring is 1. The molecule has 0 spiro atoms. The third-order valence-electron chi connectivity index (χ3n) is 4.97. The molecule has 0 bridgehead atoms. The predicted octanol–water partition coefficient (Wildman–Crippen LogP) is 3.81. The smallest absolute Gasteiger partial charge is 0.162 e. The van der Waals surface area contributed by atoms with E-state index in [-0.39, 0.29) is 0 Å². The van der Waals surface area contributed by atoms with E-state index in [4.69, 9.17) is 10.7 Å². The number of benzene rings is 2. The summed E-state index contributed by atoms with van der Waals surface area (Å²) in [6, 6.07) is 15.8. The Labute approximate surface area is 164 Å². The molecular formula is C22H23N5O. The summed E-state index contributed by atoms with van der Waals surface area (Å²) in [4.78, 5) is 23.0. The van der Waals surface area contributed by atoms with Crippen LogP contribution in [0.4, 0.5) is 17.2 Å². The van der Waals surface area contributed by atoms with Crippen molar-refractivity contribution in [3.63, 3.8) is 0 Å². The zero-order valence-corrected chi connectivity index (χ0v) is 16.0. The summed E-state index contributed by atoms with van der Waals surface area (Å²) in [5.74, 6) is 1.76. The first-order chi connectivity index (χ1) is 13.6. The first-order valence-electron chi connectivity index (χ1n) is 9.36. The molecule has 1 unspecified atom stereocenters. The molecule has 28 heavy (non-hydrogen) atoms. The highest BCUT2D eigenvalue weighted by Gasteiger charge is 2.31. The van der Waals surface area contributed by atoms with E-state index in [1.807, 2.05) is 47.4 Å². The minimum atomic E-state index is -0.475. The van der Waals surface area contributed by atoms with Crippen LogP contribution in [0.1, 0.15) is 30.9 Å². The molecule has 0 fully saturated rings. The Bertz CT molecular complexity index is 1000. The first-order valence-corrected chi connectivity index (χ1v) is 9.36. The first kappa shape index (κ1) is 18.0. The maximum Gasteiger partial charge on any atom is 0.162 e. The zero-order valence-electron chi connectivity index (χ0n) is 16.0. The quantitative estimate of drug-likeness (QED) is 0.523. The van der Waals surface area contributed by atoms with Crippen molar-refractivity contribution in [2.45, 2.75) is 32.5 Å². The van der Waals surface area contributed by atoms with Crippen molar-refractivity contribution in [3.05, 3.63) is 65.9 Å². The number of hydrogen-bond donors (Lipinski definition) is 2. The highest BCUT2D eigenvalue weighted by molar-refractivity contribution is 5.83. The van der Waals surface area contributed by atoms with Gasteiger partial charge in [-0.3, -0.25) is 4.79 Å². The molecule has 3 aromatic rings. The van der Waals surface area contributed by atoms with Gasteiger partial charge in [-0.05, 0) is 29.2 Å². The van der Waals surface area contributed by atoms with Gasteiger partial charge in [-0.25, -0.2) is 9.97 Å². The maximum atomic E-state index is 11.7. The van der Waals surface area contributed by atoms with Crippen LogP contribution in [0.3, 0.4) is 0 Å². The number of hydrogen-bond acceptors (Lipinski definition) is 6. The molecule has 0 radical (unpaired) electrons. The van der Waals surface area contributed by atoms with E-state index in [0.29, 0.717) is 24.0 Å². The van der Waals surface area contributed by atoms with E-state index in [1.165, 1.54) is 5.56 Å². The lowest BCUT2D eigenvalue weighted by molar-refractivity contribution is -0.108. The molecule has 1 atom stereocenters. The van der Waals surface area contributed by atoms with Gasteiger partial charge >= 0.3 is 0 Å². The van der Waals surface area contributed by atoms with Crippen molar-refractivity contribution >= 4 is 23.5 Å². The fourth-order valence-corrected chi connectivity index (χ4v) is 3.50. The number of rotatable bonds is 5. The molecular weight excluding hydrogens is 350 g/mol. The van der Waals surface area contributed by atoms with Crippen LogP contribution in [0.25, 0.3) is 11.4 Å². The summed E-state index contributed by atoms with van der Waals surface area (Å²) >= 11 is 0. The molecule has 2 heterocycles. The second kappa shape index (κ2) is 7.31. The van der Waals surface area contributed by atoms with E-state index >= 15 is 0 Å². The molecule has 1 aromatic heterocycles. The van der Waals surface area contributed by atoms with Gasteiger partial charge in [-0.1, -0.05) is 50.2 Å². The largest absolute Gasteiger partial charge is 0.399 e. The third-order valence-corrected chi connectivity index (χ3v) is 4.97. The molecule has 6 heteroatoms. The molecule has 3 N–H and O–H groups in total. The normalized spacial score (nSPS) is 15.4.